The first kappa shape index (κ1) is 13.1. The van der Waals surface area contributed by atoms with Gasteiger partial charge >= 0.3 is 0 Å². The number of halogens is 3. The number of benzene rings is 2. The smallest absolute Gasteiger partial charge is 0.184 e. The molecule has 0 aliphatic rings. The van der Waals surface area contributed by atoms with E-state index in [9.17, 15) is 9.18 Å². The Morgan fingerprint density at radius 1 is 1.22 bits per heavy atom. The van der Waals surface area contributed by atoms with Crippen molar-refractivity contribution in [2.24, 2.45) is 0 Å². The van der Waals surface area contributed by atoms with Crippen LogP contribution in [0.1, 0.15) is 10.4 Å². The zero-order valence-electron chi connectivity index (χ0n) is 8.99. The Morgan fingerprint density at radius 2 is 2.00 bits per heavy atom. The van der Waals surface area contributed by atoms with E-state index >= 15 is 0 Å². The SMILES string of the molecule is O=Cc1ccc(Br)cc1Oc1cccc(Cl)c1F. The lowest BCUT2D eigenvalue weighted by Gasteiger charge is -2.09. The zero-order valence-corrected chi connectivity index (χ0v) is 11.3. The van der Waals surface area contributed by atoms with Gasteiger partial charge in [0, 0.05) is 4.47 Å². The fraction of sp³-hybridized carbons (Fsp3) is 0. The molecule has 2 aromatic rings. The van der Waals surface area contributed by atoms with Crippen molar-refractivity contribution in [3.63, 3.8) is 0 Å². The standard InChI is InChI=1S/C13H7BrClFO2/c14-9-5-4-8(7-17)12(6-9)18-11-3-1-2-10(15)13(11)16/h1-7H. The molecule has 0 spiro atoms. The van der Waals surface area contributed by atoms with E-state index in [1.165, 1.54) is 12.1 Å². The Bertz CT molecular complexity index is 602. The van der Waals surface area contributed by atoms with Crippen molar-refractivity contribution in [2.45, 2.75) is 0 Å². The fourth-order valence-corrected chi connectivity index (χ4v) is 1.88. The number of hydrogen-bond acceptors (Lipinski definition) is 2. The lowest BCUT2D eigenvalue weighted by atomic mass is 10.2. The van der Waals surface area contributed by atoms with Gasteiger partial charge in [0.15, 0.2) is 17.9 Å². The van der Waals surface area contributed by atoms with E-state index in [1.807, 2.05) is 0 Å². The molecule has 0 radical (unpaired) electrons. The maximum absolute atomic E-state index is 13.7. The first-order valence-corrected chi connectivity index (χ1v) is 6.15. The van der Waals surface area contributed by atoms with Gasteiger partial charge in [0.25, 0.3) is 0 Å². The van der Waals surface area contributed by atoms with Crippen molar-refractivity contribution < 1.29 is 13.9 Å². The molecule has 0 aliphatic carbocycles. The topological polar surface area (TPSA) is 26.3 Å². The average Bonchev–Trinajstić information content (AvgIpc) is 2.35. The van der Waals surface area contributed by atoms with Gasteiger partial charge < -0.3 is 4.74 Å². The Hall–Kier alpha value is -1.39. The van der Waals surface area contributed by atoms with Crippen molar-refractivity contribution in [3.05, 3.63) is 57.3 Å². The molecule has 92 valence electrons. The molecule has 0 bridgehead atoms. The van der Waals surface area contributed by atoms with Gasteiger partial charge in [-0.3, -0.25) is 4.79 Å². The Kier molecular flexibility index (Phi) is 3.99. The summed E-state index contributed by atoms with van der Waals surface area (Å²) in [5, 5.41) is -0.0323. The average molecular weight is 330 g/mol. The van der Waals surface area contributed by atoms with Gasteiger partial charge in [0.05, 0.1) is 10.6 Å². The molecule has 0 fully saturated rings. The van der Waals surface area contributed by atoms with Crippen molar-refractivity contribution >= 4 is 33.8 Å². The van der Waals surface area contributed by atoms with Crippen LogP contribution in [0.3, 0.4) is 0 Å². The highest BCUT2D eigenvalue weighted by molar-refractivity contribution is 9.10. The van der Waals surface area contributed by atoms with Crippen LogP contribution in [0.5, 0.6) is 11.5 Å². The first-order chi connectivity index (χ1) is 8.61. The quantitative estimate of drug-likeness (QED) is 0.753. The summed E-state index contributed by atoms with van der Waals surface area (Å²) in [6.45, 7) is 0. The van der Waals surface area contributed by atoms with Gasteiger partial charge in [-0.25, -0.2) is 4.39 Å². The largest absolute Gasteiger partial charge is 0.453 e. The molecule has 0 aromatic heterocycles. The summed E-state index contributed by atoms with van der Waals surface area (Å²) < 4.78 is 19.8. The molecule has 18 heavy (non-hydrogen) atoms. The molecule has 2 rings (SSSR count). The molecule has 0 saturated carbocycles. The summed E-state index contributed by atoms with van der Waals surface area (Å²) in [5.74, 6) is -0.416. The predicted octanol–water partition coefficient (Wildman–Crippen LogP) is 4.85. The summed E-state index contributed by atoms with van der Waals surface area (Å²) in [6.07, 6.45) is 0.643. The van der Waals surface area contributed by atoms with Crippen LogP contribution in [-0.4, -0.2) is 6.29 Å². The molecule has 0 N–H and O–H groups in total. The van der Waals surface area contributed by atoms with Crippen molar-refractivity contribution in [2.75, 3.05) is 0 Å². The Labute approximate surface area is 116 Å². The second-order valence-electron chi connectivity index (χ2n) is 3.45. The van der Waals surface area contributed by atoms with Crippen molar-refractivity contribution in [3.8, 4) is 11.5 Å². The van der Waals surface area contributed by atoms with Crippen LogP contribution in [-0.2, 0) is 0 Å². The normalized spacial score (nSPS) is 10.2. The lowest BCUT2D eigenvalue weighted by molar-refractivity contribution is 0.112. The first-order valence-electron chi connectivity index (χ1n) is 4.98. The predicted molar refractivity (Wildman–Crippen MR) is 71.0 cm³/mol. The third kappa shape index (κ3) is 2.71. The van der Waals surface area contributed by atoms with E-state index in [-0.39, 0.29) is 16.5 Å². The van der Waals surface area contributed by atoms with Crippen LogP contribution in [0.15, 0.2) is 40.9 Å². The maximum atomic E-state index is 13.7. The molecule has 5 heteroatoms. The molecule has 0 saturated heterocycles. The highest BCUT2D eigenvalue weighted by Gasteiger charge is 2.11. The second kappa shape index (κ2) is 5.50. The van der Waals surface area contributed by atoms with Crippen LogP contribution < -0.4 is 4.74 Å². The van der Waals surface area contributed by atoms with E-state index in [1.54, 1.807) is 24.3 Å². The van der Waals surface area contributed by atoms with Gasteiger partial charge in [0.2, 0.25) is 0 Å². The number of carbonyl (C=O) groups excluding carboxylic acids is 1. The third-order valence-corrected chi connectivity index (χ3v) is 3.02. The minimum absolute atomic E-state index is 0.0244. The summed E-state index contributed by atoms with van der Waals surface area (Å²) in [7, 11) is 0. The van der Waals surface area contributed by atoms with Crippen molar-refractivity contribution in [1.82, 2.24) is 0 Å². The lowest BCUT2D eigenvalue weighted by Crippen LogP contribution is -1.93. The van der Waals surface area contributed by atoms with E-state index < -0.39 is 5.82 Å². The monoisotopic (exact) mass is 328 g/mol. The van der Waals surface area contributed by atoms with Crippen LogP contribution in [0.4, 0.5) is 4.39 Å². The highest BCUT2D eigenvalue weighted by Crippen LogP contribution is 2.31. The molecule has 0 unspecified atom stereocenters. The molecular weight excluding hydrogens is 322 g/mol. The molecule has 0 aliphatic heterocycles. The fourth-order valence-electron chi connectivity index (χ4n) is 1.38. The third-order valence-electron chi connectivity index (χ3n) is 2.24. The maximum Gasteiger partial charge on any atom is 0.184 e. The van der Waals surface area contributed by atoms with Crippen LogP contribution in [0, 0.1) is 5.82 Å². The summed E-state index contributed by atoms with van der Waals surface area (Å²) >= 11 is 8.91. The van der Waals surface area contributed by atoms with Gasteiger partial charge in [-0.1, -0.05) is 33.6 Å². The van der Waals surface area contributed by atoms with Gasteiger partial charge in [-0.2, -0.15) is 0 Å². The van der Waals surface area contributed by atoms with Crippen LogP contribution in [0.25, 0.3) is 0 Å². The van der Waals surface area contributed by atoms with E-state index in [0.29, 0.717) is 11.8 Å². The van der Waals surface area contributed by atoms with Gasteiger partial charge in [-0.15, -0.1) is 0 Å². The molecule has 0 atom stereocenters. The number of ether oxygens (including phenoxy) is 1. The van der Waals surface area contributed by atoms with Gasteiger partial charge in [-0.05, 0) is 30.3 Å². The summed E-state index contributed by atoms with van der Waals surface area (Å²) in [5.41, 5.74) is 0.331. The zero-order chi connectivity index (χ0) is 13.1. The number of rotatable bonds is 3. The molecule has 2 aromatic carbocycles. The summed E-state index contributed by atoms with van der Waals surface area (Å²) in [6, 6.07) is 9.30. The van der Waals surface area contributed by atoms with E-state index in [4.69, 9.17) is 16.3 Å². The highest BCUT2D eigenvalue weighted by atomic mass is 79.9. The number of hydrogen-bond donors (Lipinski definition) is 0. The number of aldehydes is 1. The molecule has 0 amide bonds. The Balaban J connectivity index is 2.42. The second-order valence-corrected chi connectivity index (χ2v) is 4.78. The van der Waals surface area contributed by atoms with E-state index in [2.05, 4.69) is 15.9 Å². The van der Waals surface area contributed by atoms with Crippen molar-refractivity contribution in [1.29, 1.82) is 0 Å². The van der Waals surface area contributed by atoms with Crippen LogP contribution >= 0.6 is 27.5 Å². The minimum atomic E-state index is -0.656. The van der Waals surface area contributed by atoms with Crippen LogP contribution in [0.2, 0.25) is 5.02 Å². The van der Waals surface area contributed by atoms with E-state index in [0.717, 1.165) is 4.47 Å². The molecular formula is C13H7BrClFO2. The summed E-state index contributed by atoms with van der Waals surface area (Å²) in [4.78, 5) is 10.9. The van der Waals surface area contributed by atoms with Gasteiger partial charge in [0.1, 0.15) is 5.75 Å². The molecule has 0 heterocycles. The minimum Gasteiger partial charge on any atom is -0.453 e. The molecule has 2 nitrogen and oxygen atoms in total. The number of carbonyl (C=O) groups is 1. The Morgan fingerprint density at radius 3 is 2.72 bits per heavy atom.